The monoisotopic (exact) mass is 283 g/mol. The summed E-state index contributed by atoms with van der Waals surface area (Å²) in [7, 11) is 1.90. The average Bonchev–Trinajstić information content (AvgIpc) is 2.96. The van der Waals surface area contributed by atoms with Crippen LogP contribution in [0.3, 0.4) is 0 Å². The molecule has 0 atom stereocenters. The van der Waals surface area contributed by atoms with Crippen LogP contribution in [0.5, 0.6) is 0 Å². The third kappa shape index (κ3) is 2.53. The van der Waals surface area contributed by atoms with Crippen molar-refractivity contribution in [2.75, 3.05) is 11.9 Å². The lowest BCUT2D eigenvalue weighted by atomic mass is 10.1. The first-order chi connectivity index (χ1) is 10.1. The van der Waals surface area contributed by atoms with Crippen LogP contribution >= 0.6 is 0 Å². The van der Waals surface area contributed by atoms with Crippen molar-refractivity contribution in [1.82, 2.24) is 19.6 Å². The summed E-state index contributed by atoms with van der Waals surface area (Å²) in [6, 6.07) is 6.78. The summed E-state index contributed by atoms with van der Waals surface area (Å²) in [5.41, 5.74) is 1.95. The Hall–Kier alpha value is -2.96. The number of hydrogen-bond donors (Lipinski definition) is 1. The van der Waals surface area contributed by atoms with Gasteiger partial charge in [-0.1, -0.05) is 12.1 Å². The number of nitrogens with zero attached hydrogens (tertiary/aromatic N) is 5. The van der Waals surface area contributed by atoms with Gasteiger partial charge in [0.1, 0.15) is 6.33 Å². The molecular formula is C14H13N5O2. The molecule has 0 spiro atoms. The number of hydrogen-bond acceptors (Lipinski definition) is 5. The minimum atomic E-state index is -0.926. The molecule has 0 aliphatic rings. The molecule has 0 fully saturated rings. The molecule has 0 amide bonds. The molecule has 1 N–H and O–H groups in total. The molecule has 2 aromatic heterocycles. The highest BCUT2D eigenvalue weighted by atomic mass is 16.4. The number of carbonyl (C=O) groups is 1. The summed E-state index contributed by atoms with van der Waals surface area (Å²) in [6.07, 6.45) is 5.10. The van der Waals surface area contributed by atoms with Gasteiger partial charge in [0, 0.05) is 26.0 Å². The van der Waals surface area contributed by atoms with E-state index < -0.39 is 5.97 Å². The van der Waals surface area contributed by atoms with Gasteiger partial charge in [0.05, 0.1) is 5.56 Å². The van der Waals surface area contributed by atoms with E-state index in [4.69, 9.17) is 5.11 Å². The number of benzene rings is 1. The van der Waals surface area contributed by atoms with Gasteiger partial charge in [-0.25, -0.2) is 9.78 Å². The molecule has 7 nitrogen and oxygen atoms in total. The van der Waals surface area contributed by atoms with E-state index in [0.717, 1.165) is 11.4 Å². The molecule has 21 heavy (non-hydrogen) atoms. The predicted molar refractivity (Wildman–Crippen MR) is 76.3 cm³/mol. The van der Waals surface area contributed by atoms with E-state index >= 15 is 0 Å². The molecule has 0 aliphatic carbocycles. The molecule has 0 radical (unpaired) electrons. The highest BCUT2D eigenvalue weighted by molar-refractivity contribution is 5.87. The van der Waals surface area contributed by atoms with Crippen LogP contribution in [-0.4, -0.2) is 37.7 Å². The maximum Gasteiger partial charge on any atom is 0.335 e. The van der Waals surface area contributed by atoms with E-state index in [1.807, 2.05) is 11.9 Å². The Morgan fingerprint density at radius 1 is 1.33 bits per heavy atom. The van der Waals surface area contributed by atoms with Gasteiger partial charge >= 0.3 is 5.97 Å². The fourth-order valence-electron chi connectivity index (χ4n) is 2.12. The van der Waals surface area contributed by atoms with Crippen LogP contribution < -0.4 is 4.90 Å². The predicted octanol–water partition coefficient (Wildman–Crippen LogP) is 1.46. The zero-order valence-corrected chi connectivity index (χ0v) is 11.3. The fraction of sp³-hybridized carbons (Fsp3) is 0.143. The van der Waals surface area contributed by atoms with Gasteiger partial charge in [0.25, 0.3) is 0 Å². The molecule has 3 aromatic rings. The first-order valence-electron chi connectivity index (χ1n) is 6.33. The van der Waals surface area contributed by atoms with Crippen molar-refractivity contribution in [3.63, 3.8) is 0 Å². The number of aromatic carboxylic acids is 1. The van der Waals surface area contributed by atoms with Gasteiger partial charge in [-0.05, 0) is 17.7 Å². The summed E-state index contributed by atoms with van der Waals surface area (Å²) in [5.74, 6) is -0.206. The molecule has 2 heterocycles. The second kappa shape index (κ2) is 5.20. The minimum absolute atomic E-state index is 0.277. The van der Waals surface area contributed by atoms with E-state index in [1.54, 1.807) is 47.4 Å². The van der Waals surface area contributed by atoms with Crippen LogP contribution in [0.4, 0.5) is 5.82 Å². The molecule has 0 bridgehead atoms. The molecule has 7 heteroatoms. The highest BCUT2D eigenvalue weighted by Gasteiger charge is 2.10. The number of fused-ring (bicyclic) bond motifs is 1. The zero-order valence-electron chi connectivity index (χ0n) is 11.3. The Bertz CT molecular complexity index is 781. The maximum atomic E-state index is 10.8. The van der Waals surface area contributed by atoms with Gasteiger partial charge < -0.3 is 10.0 Å². The van der Waals surface area contributed by atoms with Crippen LogP contribution in [0.25, 0.3) is 5.65 Å². The number of rotatable bonds is 4. The molecule has 0 saturated heterocycles. The van der Waals surface area contributed by atoms with Crippen LogP contribution in [0.2, 0.25) is 0 Å². The quantitative estimate of drug-likeness (QED) is 0.780. The lowest BCUT2D eigenvalue weighted by Crippen LogP contribution is -2.18. The van der Waals surface area contributed by atoms with E-state index in [-0.39, 0.29) is 5.56 Å². The summed E-state index contributed by atoms with van der Waals surface area (Å²) in [5, 5.41) is 16.8. The Labute approximate surface area is 120 Å². The maximum absolute atomic E-state index is 10.8. The van der Waals surface area contributed by atoms with Crippen LogP contribution in [-0.2, 0) is 6.54 Å². The Morgan fingerprint density at radius 3 is 2.81 bits per heavy atom. The second-order valence-electron chi connectivity index (χ2n) is 4.67. The summed E-state index contributed by atoms with van der Waals surface area (Å²) in [6.45, 7) is 0.597. The molecule has 1 aromatic carbocycles. The molecule has 0 unspecified atom stereocenters. The average molecular weight is 283 g/mol. The second-order valence-corrected chi connectivity index (χ2v) is 4.67. The van der Waals surface area contributed by atoms with Crippen molar-refractivity contribution in [2.24, 2.45) is 0 Å². The van der Waals surface area contributed by atoms with Crippen molar-refractivity contribution < 1.29 is 9.90 Å². The van der Waals surface area contributed by atoms with Crippen molar-refractivity contribution in [3.8, 4) is 0 Å². The third-order valence-corrected chi connectivity index (χ3v) is 3.18. The zero-order chi connectivity index (χ0) is 14.8. The molecule has 106 valence electrons. The van der Waals surface area contributed by atoms with Gasteiger partial charge in [0.15, 0.2) is 5.82 Å². The van der Waals surface area contributed by atoms with E-state index in [1.165, 1.54) is 0 Å². The number of carboxylic acids is 1. The van der Waals surface area contributed by atoms with Gasteiger partial charge in [0.2, 0.25) is 5.65 Å². The van der Waals surface area contributed by atoms with Crippen LogP contribution in [0.15, 0.2) is 43.0 Å². The van der Waals surface area contributed by atoms with Gasteiger partial charge in [-0.3, -0.25) is 4.40 Å². The Kier molecular flexibility index (Phi) is 3.23. The Morgan fingerprint density at radius 2 is 2.10 bits per heavy atom. The number of carboxylic acid groups (broad SMARTS) is 1. The van der Waals surface area contributed by atoms with Gasteiger partial charge in [-0.15, -0.1) is 10.2 Å². The van der Waals surface area contributed by atoms with Crippen molar-refractivity contribution in [3.05, 3.63) is 54.1 Å². The van der Waals surface area contributed by atoms with E-state index in [9.17, 15) is 4.79 Å². The first-order valence-corrected chi connectivity index (χ1v) is 6.33. The van der Waals surface area contributed by atoms with Crippen molar-refractivity contribution in [2.45, 2.75) is 6.54 Å². The van der Waals surface area contributed by atoms with Gasteiger partial charge in [-0.2, -0.15) is 0 Å². The summed E-state index contributed by atoms with van der Waals surface area (Å²) >= 11 is 0. The Balaban J connectivity index is 1.84. The van der Waals surface area contributed by atoms with Crippen molar-refractivity contribution >= 4 is 17.4 Å². The topological polar surface area (TPSA) is 83.6 Å². The van der Waals surface area contributed by atoms with Crippen molar-refractivity contribution in [1.29, 1.82) is 0 Å². The normalized spacial score (nSPS) is 10.7. The minimum Gasteiger partial charge on any atom is -0.478 e. The lowest BCUT2D eigenvalue weighted by Gasteiger charge is -2.18. The van der Waals surface area contributed by atoms with Crippen LogP contribution in [0, 0.1) is 0 Å². The summed E-state index contributed by atoms with van der Waals surface area (Å²) < 4.78 is 1.80. The third-order valence-electron chi connectivity index (χ3n) is 3.18. The van der Waals surface area contributed by atoms with E-state index in [0.29, 0.717) is 12.2 Å². The fourth-order valence-corrected chi connectivity index (χ4v) is 2.12. The molecule has 0 saturated carbocycles. The summed E-state index contributed by atoms with van der Waals surface area (Å²) in [4.78, 5) is 17.1. The van der Waals surface area contributed by atoms with E-state index in [2.05, 4.69) is 15.2 Å². The molecule has 3 rings (SSSR count). The van der Waals surface area contributed by atoms with Crippen LogP contribution in [0.1, 0.15) is 15.9 Å². The molecule has 0 aliphatic heterocycles. The standard InChI is InChI=1S/C14H13N5O2/c1-18(8-10-2-4-11(5-3-10)14(20)21)12-13-17-16-9-19(13)7-6-15-12/h2-7,9H,8H2,1H3,(H,20,21). The highest BCUT2D eigenvalue weighted by Crippen LogP contribution is 2.17. The first kappa shape index (κ1) is 13.0. The lowest BCUT2D eigenvalue weighted by molar-refractivity contribution is 0.0697. The number of anilines is 1. The number of aromatic nitrogens is 4. The smallest absolute Gasteiger partial charge is 0.335 e. The SMILES string of the molecule is CN(Cc1ccc(C(=O)O)cc1)c1nccn2cnnc12. The largest absolute Gasteiger partial charge is 0.478 e. The molecular weight excluding hydrogens is 270 g/mol.